The molecule has 2 aromatic carbocycles. The largest absolute Gasteiger partial charge is 0.298 e. The van der Waals surface area contributed by atoms with Gasteiger partial charge in [-0.2, -0.15) is 0 Å². The normalized spacial score (nSPS) is 14.2. The van der Waals surface area contributed by atoms with Crippen molar-refractivity contribution in [3.63, 3.8) is 0 Å². The Labute approximate surface area is 159 Å². The summed E-state index contributed by atoms with van der Waals surface area (Å²) in [6.07, 6.45) is 1.76. The molecule has 3 rings (SSSR count). The summed E-state index contributed by atoms with van der Waals surface area (Å²) in [6, 6.07) is 11.1. The second-order valence-corrected chi connectivity index (χ2v) is 8.66. The minimum absolute atomic E-state index is 0.0528. The number of amides is 1. The van der Waals surface area contributed by atoms with Crippen LogP contribution in [0.5, 0.6) is 0 Å². The zero-order valence-electron chi connectivity index (χ0n) is 12.9. The maximum Gasteiger partial charge on any atom is 0.271 e. The second kappa shape index (κ2) is 7.33. The van der Waals surface area contributed by atoms with E-state index in [0.717, 1.165) is 17.3 Å². The Morgan fingerprint density at radius 1 is 1.12 bits per heavy atom. The average molecular weight is 445 g/mol. The van der Waals surface area contributed by atoms with E-state index in [9.17, 15) is 13.2 Å². The minimum atomic E-state index is -3.49. The Balaban J connectivity index is 1.63. The molecule has 1 amide bonds. The average Bonchev–Trinajstić information content (AvgIpc) is 3.38. The van der Waals surface area contributed by atoms with Crippen molar-refractivity contribution in [3.05, 3.63) is 57.5 Å². The van der Waals surface area contributed by atoms with Crippen LogP contribution in [0.4, 0.5) is 5.69 Å². The number of hydrogen-bond donors (Lipinski definition) is 3. The van der Waals surface area contributed by atoms with Crippen LogP contribution in [-0.2, 0) is 10.0 Å². The minimum Gasteiger partial charge on any atom is -0.298 e. The molecule has 1 aliphatic carbocycles. The third-order valence-electron chi connectivity index (χ3n) is 3.56. The van der Waals surface area contributed by atoms with E-state index in [1.54, 1.807) is 30.3 Å². The molecule has 0 saturated heterocycles. The maximum atomic E-state index is 12.2. The number of nitrogens with one attached hydrogen (secondary N) is 3. The van der Waals surface area contributed by atoms with Crippen LogP contribution in [0.2, 0.25) is 5.02 Å². The van der Waals surface area contributed by atoms with Crippen molar-refractivity contribution in [2.45, 2.75) is 23.8 Å². The molecule has 132 valence electrons. The zero-order valence-corrected chi connectivity index (χ0v) is 16.1. The second-order valence-electron chi connectivity index (χ2n) is 5.62. The predicted octanol–water partition coefficient (Wildman–Crippen LogP) is 3.30. The summed E-state index contributed by atoms with van der Waals surface area (Å²) in [5, 5.41) is 0.329. The van der Waals surface area contributed by atoms with Crippen LogP contribution in [0.3, 0.4) is 0 Å². The smallest absolute Gasteiger partial charge is 0.271 e. The quantitative estimate of drug-likeness (QED) is 0.597. The first-order valence-corrected chi connectivity index (χ1v) is 10.1. The van der Waals surface area contributed by atoms with E-state index in [2.05, 4.69) is 31.5 Å². The summed E-state index contributed by atoms with van der Waals surface area (Å²) < 4.78 is 27.5. The lowest BCUT2D eigenvalue weighted by atomic mass is 10.2. The van der Waals surface area contributed by atoms with Crippen molar-refractivity contribution in [3.8, 4) is 0 Å². The predicted molar refractivity (Wildman–Crippen MR) is 100 cm³/mol. The number of hydrogen-bond acceptors (Lipinski definition) is 4. The lowest BCUT2D eigenvalue weighted by Crippen LogP contribution is -2.29. The number of hydrazine groups is 1. The van der Waals surface area contributed by atoms with Crippen LogP contribution < -0.4 is 15.6 Å². The van der Waals surface area contributed by atoms with Gasteiger partial charge in [0.15, 0.2) is 0 Å². The van der Waals surface area contributed by atoms with Gasteiger partial charge < -0.3 is 0 Å². The molecule has 1 saturated carbocycles. The number of anilines is 1. The van der Waals surface area contributed by atoms with Crippen LogP contribution in [0, 0.1) is 0 Å². The molecule has 1 fully saturated rings. The van der Waals surface area contributed by atoms with Gasteiger partial charge in [-0.25, -0.2) is 13.1 Å². The van der Waals surface area contributed by atoms with E-state index in [-0.39, 0.29) is 10.9 Å². The highest BCUT2D eigenvalue weighted by molar-refractivity contribution is 9.10. The molecule has 0 heterocycles. The van der Waals surface area contributed by atoms with Crippen molar-refractivity contribution in [1.82, 2.24) is 10.1 Å². The lowest BCUT2D eigenvalue weighted by molar-refractivity contribution is 0.0962. The van der Waals surface area contributed by atoms with E-state index in [1.165, 1.54) is 12.1 Å². The number of halogens is 2. The van der Waals surface area contributed by atoms with Gasteiger partial charge >= 0.3 is 0 Å². The van der Waals surface area contributed by atoms with Gasteiger partial charge in [0.25, 0.3) is 5.91 Å². The molecular weight excluding hydrogens is 430 g/mol. The molecule has 1 aliphatic rings. The Kier molecular flexibility index (Phi) is 5.33. The molecule has 0 atom stereocenters. The molecule has 0 bridgehead atoms. The highest BCUT2D eigenvalue weighted by Gasteiger charge is 2.27. The molecule has 3 N–H and O–H groups in total. The lowest BCUT2D eigenvalue weighted by Gasteiger charge is -2.11. The van der Waals surface area contributed by atoms with E-state index in [0.29, 0.717) is 16.3 Å². The standard InChI is InChI=1S/C16H15BrClN3O3S/c17-10-1-8-15(18)14(9-10)16(22)20-19-11-4-6-13(7-5-11)25(23,24)21-12-2-3-12/h1,4-9,12,19,21H,2-3H2,(H,20,22). The third-order valence-corrected chi connectivity index (χ3v) is 5.92. The topological polar surface area (TPSA) is 87.3 Å². The van der Waals surface area contributed by atoms with Gasteiger partial charge in [0.2, 0.25) is 10.0 Å². The Hall–Kier alpha value is -1.61. The Bertz CT molecular complexity index is 899. The monoisotopic (exact) mass is 443 g/mol. The summed E-state index contributed by atoms with van der Waals surface area (Å²) in [4.78, 5) is 12.3. The van der Waals surface area contributed by atoms with Gasteiger partial charge in [-0.05, 0) is 55.3 Å². The first-order chi connectivity index (χ1) is 11.8. The first kappa shape index (κ1) is 18.2. The Morgan fingerprint density at radius 2 is 1.80 bits per heavy atom. The van der Waals surface area contributed by atoms with E-state index in [4.69, 9.17) is 11.6 Å². The van der Waals surface area contributed by atoms with Gasteiger partial charge in [0.05, 0.1) is 21.2 Å². The van der Waals surface area contributed by atoms with Crippen LogP contribution in [0.25, 0.3) is 0 Å². The van der Waals surface area contributed by atoms with Gasteiger partial charge in [-0.3, -0.25) is 15.6 Å². The molecule has 0 unspecified atom stereocenters. The molecular formula is C16H15BrClN3O3S. The highest BCUT2D eigenvalue weighted by Crippen LogP contribution is 2.23. The number of carbonyl (C=O) groups is 1. The molecule has 0 radical (unpaired) electrons. The van der Waals surface area contributed by atoms with Crippen LogP contribution >= 0.6 is 27.5 Å². The molecule has 0 aromatic heterocycles. The van der Waals surface area contributed by atoms with Crippen molar-refractivity contribution in [2.75, 3.05) is 5.43 Å². The van der Waals surface area contributed by atoms with Crippen molar-refractivity contribution in [2.24, 2.45) is 0 Å². The molecule has 9 heteroatoms. The zero-order chi connectivity index (χ0) is 18.0. The maximum absolute atomic E-state index is 12.2. The van der Waals surface area contributed by atoms with Crippen molar-refractivity contribution < 1.29 is 13.2 Å². The van der Waals surface area contributed by atoms with Gasteiger partial charge in [0.1, 0.15) is 0 Å². The van der Waals surface area contributed by atoms with Crippen molar-refractivity contribution in [1.29, 1.82) is 0 Å². The van der Waals surface area contributed by atoms with Gasteiger partial charge in [-0.1, -0.05) is 27.5 Å². The Morgan fingerprint density at radius 3 is 2.44 bits per heavy atom. The fourth-order valence-electron chi connectivity index (χ4n) is 2.07. The van der Waals surface area contributed by atoms with Crippen LogP contribution in [0.1, 0.15) is 23.2 Å². The SMILES string of the molecule is O=C(NNc1ccc(S(=O)(=O)NC2CC2)cc1)c1cc(Br)ccc1Cl. The summed E-state index contributed by atoms with van der Waals surface area (Å²) >= 11 is 9.29. The number of rotatable bonds is 6. The fraction of sp³-hybridized carbons (Fsp3) is 0.188. The molecule has 0 aliphatic heterocycles. The van der Waals surface area contributed by atoms with E-state index < -0.39 is 15.9 Å². The summed E-state index contributed by atoms with van der Waals surface area (Å²) in [5.41, 5.74) is 6.12. The van der Waals surface area contributed by atoms with E-state index in [1.807, 2.05) is 0 Å². The highest BCUT2D eigenvalue weighted by atomic mass is 79.9. The fourth-order valence-corrected chi connectivity index (χ4v) is 3.94. The van der Waals surface area contributed by atoms with Gasteiger partial charge in [0, 0.05) is 10.5 Å². The van der Waals surface area contributed by atoms with E-state index >= 15 is 0 Å². The first-order valence-electron chi connectivity index (χ1n) is 7.49. The summed E-state index contributed by atoms with van der Waals surface area (Å²) in [5.74, 6) is -0.404. The number of carbonyl (C=O) groups excluding carboxylic acids is 1. The van der Waals surface area contributed by atoms with Gasteiger partial charge in [-0.15, -0.1) is 0 Å². The summed E-state index contributed by atoms with van der Waals surface area (Å²) in [6.45, 7) is 0. The van der Waals surface area contributed by atoms with Crippen molar-refractivity contribution >= 4 is 49.1 Å². The molecule has 2 aromatic rings. The van der Waals surface area contributed by atoms with Crippen LogP contribution in [-0.4, -0.2) is 20.4 Å². The molecule has 0 spiro atoms. The summed E-state index contributed by atoms with van der Waals surface area (Å²) in [7, 11) is -3.49. The molecule has 6 nitrogen and oxygen atoms in total. The number of sulfonamides is 1. The third kappa shape index (κ3) is 4.72. The van der Waals surface area contributed by atoms with Crippen LogP contribution in [0.15, 0.2) is 51.8 Å². The molecule has 25 heavy (non-hydrogen) atoms. The number of benzene rings is 2.